The first-order chi connectivity index (χ1) is 8.58. The fourth-order valence-corrected chi connectivity index (χ4v) is 1.15. The molecule has 96 valence electrons. The molecular formula is C16H20O2. The minimum absolute atomic E-state index is 0.0283. The monoisotopic (exact) mass is 244 g/mol. The molecule has 18 heavy (non-hydrogen) atoms. The molecule has 0 heterocycles. The van der Waals surface area contributed by atoms with Crippen LogP contribution in [0.15, 0.2) is 36.4 Å². The predicted molar refractivity (Wildman–Crippen MR) is 77.2 cm³/mol. The molecule has 0 radical (unpaired) electrons. The van der Waals surface area contributed by atoms with E-state index in [1.807, 2.05) is 38.1 Å². The zero-order valence-corrected chi connectivity index (χ0v) is 11.4. The zero-order valence-electron chi connectivity index (χ0n) is 11.4. The van der Waals surface area contributed by atoms with E-state index < -0.39 is 0 Å². The first-order valence-corrected chi connectivity index (χ1v) is 6.05. The molecule has 2 heteroatoms. The maximum Gasteiger partial charge on any atom is 0.152 e. The molecule has 1 aromatic rings. The Bertz CT molecular complexity index is 394. The Morgan fingerprint density at radius 2 is 1.06 bits per heavy atom. The molecule has 0 spiro atoms. The lowest BCUT2D eigenvalue weighted by Crippen LogP contribution is -1.82. The third-order valence-electron chi connectivity index (χ3n) is 1.96. The smallest absolute Gasteiger partial charge is 0.152 e. The van der Waals surface area contributed by atoms with Crippen molar-refractivity contribution < 1.29 is 9.59 Å². The Kier molecular flexibility index (Phi) is 8.12. The summed E-state index contributed by atoms with van der Waals surface area (Å²) in [6, 6.07) is 7.61. The minimum atomic E-state index is 0.0283. The molecule has 0 unspecified atom stereocenters. The molecule has 0 aromatic heterocycles. The van der Waals surface area contributed by atoms with Crippen molar-refractivity contribution >= 4 is 23.7 Å². The SMILES string of the molecule is CC.CC(=O)C=Cc1ccc(C=CC(C)=O)cc1. The van der Waals surface area contributed by atoms with Crippen molar-refractivity contribution in [1.29, 1.82) is 0 Å². The van der Waals surface area contributed by atoms with Gasteiger partial charge in [0, 0.05) is 0 Å². The van der Waals surface area contributed by atoms with Crippen LogP contribution in [0, 0.1) is 0 Å². The van der Waals surface area contributed by atoms with Crippen molar-refractivity contribution in [2.75, 3.05) is 0 Å². The average molecular weight is 244 g/mol. The Morgan fingerprint density at radius 3 is 1.28 bits per heavy atom. The van der Waals surface area contributed by atoms with Gasteiger partial charge in [-0.05, 0) is 37.1 Å². The average Bonchev–Trinajstić information content (AvgIpc) is 2.37. The van der Waals surface area contributed by atoms with E-state index in [4.69, 9.17) is 0 Å². The van der Waals surface area contributed by atoms with Crippen molar-refractivity contribution in [2.24, 2.45) is 0 Å². The van der Waals surface area contributed by atoms with Crippen molar-refractivity contribution in [1.82, 2.24) is 0 Å². The van der Waals surface area contributed by atoms with Crippen LogP contribution in [0.3, 0.4) is 0 Å². The number of allylic oxidation sites excluding steroid dienone is 2. The molecule has 0 atom stereocenters. The minimum Gasteiger partial charge on any atom is -0.295 e. The largest absolute Gasteiger partial charge is 0.295 e. The van der Waals surface area contributed by atoms with Gasteiger partial charge in [0.05, 0.1) is 0 Å². The van der Waals surface area contributed by atoms with E-state index in [0.29, 0.717) is 0 Å². The normalized spacial score (nSPS) is 10.2. The second-order valence-corrected chi connectivity index (χ2v) is 3.55. The van der Waals surface area contributed by atoms with Gasteiger partial charge in [0.25, 0.3) is 0 Å². The van der Waals surface area contributed by atoms with Gasteiger partial charge in [0.1, 0.15) is 0 Å². The number of hydrogen-bond acceptors (Lipinski definition) is 2. The van der Waals surface area contributed by atoms with Gasteiger partial charge in [-0.3, -0.25) is 9.59 Å². The van der Waals surface area contributed by atoms with Crippen LogP contribution in [0.2, 0.25) is 0 Å². The molecular weight excluding hydrogens is 224 g/mol. The number of rotatable bonds is 4. The maximum atomic E-state index is 10.7. The fourth-order valence-electron chi connectivity index (χ4n) is 1.15. The first kappa shape index (κ1) is 16.0. The maximum absolute atomic E-state index is 10.7. The van der Waals surface area contributed by atoms with Gasteiger partial charge in [-0.2, -0.15) is 0 Å². The van der Waals surface area contributed by atoms with Gasteiger partial charge >= 0.3 is 0 Å². The summed E-state index contributed by atoms with van der Waals surface area (Å²) in [5, 5.41) is 0. The number of carbonyl (C=O) groups excluding carboxylic acids is 2. The molecule has 1 aromatic carbocycles. The third kappa shape index (κ3) is 7.34. The van der Waals surface area contributed by atoms with Crippen molar-refractivity contribution in [3.8, 4) is 0 Å². The number of hydrogen-bond donors (Lipinski definition) is 0. The van der Waals surface area contributed by atoms with Crippen molar-refractivity contribution in [3.63, 3.8) is 0 Å². The van der Waals surface area contributed by atoms with Crippen LogP contribution in [0.1, 0.15) is 38.8 Å². The molecule has 0 N–H and O–H groups in total. The van der Waals surface area contributed by atoms with Crippen molar-refractivity contribution in [3.05, 3.63) is 47.5 Å². The highest BCUT2D eigenvalue weighted by Gasteiger charge is 1.90. The number of carbonyl (C=O) groups is 2. The summed E-state index contributed by atoms with van der Waals surface area (Å²) in [4.78, 5) is 21.5. The summed E-state index contributed by atoms with van der Waals surface area (Å²) in [5.41, 5.74) is 1.94. The van der Waals surface area contributed by atoms with Crippen LogP contribution >= 0.6 is 0 Å². The number of ketones is 2. The van der Waals surface area contributed by atoms with Gasteiger partial charge in [-0.15, -0.1) is 0 Å². The molecule has 0 aliphatic heterocycles. The molecule has 0 bridgehead atoms. The molecule has 0 aliphatic carbocycles. The molecule has 0 saturated heterocycles. The number of benzene rings is 1. The van der Waals surface area contributed by atoms with Crippen LogP contribution in [-0.4, -0.2) is 11.6 Å². The van der Waals surface area contributed by atoms with E-state index in [9.17, 15) is 9.59 Å². The highest BCUT2D eigenvalue weighted by atomic mass is 16.1. The predicted octanol–water partition coefficient (Wildman–Crippen LogP) is 3.92. The standard InChI is InChI=1S/C14H14O2.C2H6/c1-11(15)3-5-13-7-9-14(10-8-13)6-4-12(2)16;1-2/h3-10H,1-2H3;1-2H3. The van der Waals surface area contributed by atoms with Gasteiger partial charge < -0.3 is 0 Å². The highest BCUT2D eigenvalue weighted by molar-refractivity contribution is 5.92. The molecule has 0 saturated carbocycles. The molecule has 1 rings (SSSR count). The van der Waals surface area contributed by atoms with Crippen LogP contribution in [0.4, 0.5) is 0 Å². The fraction of sp³-hybridized carbons (Fsp3) is 0.250. The lowest BCUT2D eigenvalue weighted by atomic mass is 10.1. The van der Waals surface area contributed by atoms with Gasteiger partial charge in [-0.25, -0.2) is 0 Å². The molecule has 0 aliphatic rings. The van der Waals surface area contributed by atoms with E-state index in [0.717, 1.165) is 11.1 Å². The quantitative estimate of drug-likeness (QED) is 0.752. The van der Waals surface area contributed by atoms with Gasteiger partial charge in [0.2, 0.25) is 0 Å². The van der Waals surface area contributed by atoms with Gasteiger partial charge in [0.15, 0.2) is 11.6 Å². The Morgan fingerprint density at radius 1 is 0.778 bits per heavy atom. The molecule has 2 nitrogen and oxygen atoms in total. The van der Waals surface area contributed by atoms with E-state index >= 15 is 0 Å². The van der Waals surface area contributed by atoms with E-state index in [1.165, 1.54) is 26.0 Å². The second kappa shape index (κ2) is 9.11. The topological polar surface area (TPSA) is 34.1 Å². The zero-order chi connectivity index (χ0) is 14.0. The van der Waals surface area contributed by atoms with Crippen LogP contribution in [0.5, 0.6) is 0 Å². The second-order valence-electron chi connectivity index (χ2n) is 3.55. The van der Waals surface area contributed by atoms with Crippen LogP contribution in [0.25, 0.3) is 12.2 Å². The van der Waals surface area contributed by atoms with Crippen LogP contribution in [-0.2, 0) is 9.59 Å². The van der Waals surface area contributed by atoms with Crippen LogP contribution < -0.4 is 0 Å². The van der Waals surface area contributed by atoms with E-state index in [-0.39, 0.29) is 11.6 Å². The van der Waals surface area contributed by atoms with Crippen molar-refractivity contribution in [2.45, 2.75) is 27.7 Å². The van der Waals surface area contributed by atoms with E-state index in [2.05, 4.69) is 0 Å². The highest BCUT2D eigenvalue weighted by Crippen LogP contribution is 2.07. The first-order valence-electron chi connectivity index (χ1n) is 6.05. The lowest BCUT2D eigenvalue weighted by molar-refractivity contribution is -0.113. The summed E-state index contributed by atoms with van der Waals surface area (Å²) in [6.45, 7) is 7.03. The molecule has 0 fully saturated rings. The Labute approximate surface area is 109 Å². The lowest BCUT2D eigenvalue weighted by Gasteiger charge is -1.95. The third-order valence-corrected chi connectivity index (χ3v) is 1.96. The summed E-state index contributed by atoms with van der Waals surface area (Å²) in [6.07, 6.45) is 6.59. The Balaban J connectivity index is 0.00000137. The summed E-state index contributed by atoms with van der Waals surface area (Å²) in [7, 11) is 0. The molecule has 0 amide bonds. The van der Waals surface area contributed by atoms with Gasteiger partial charge in [-0.1, -0.05) is 50.3 Å². The summed E-state index contributed by atoms with van der Waals surface area (Å²) < 4.78 is 0. The van der Waals surface area contributed by atoms with E-state index in [1.54, 1.807) is 12.2 Å². The Hall–Kier alpha value is -1.96. The summed E-state index contributed by atoms with van der Waals surface area (Å²) >= 11 is 0. The summed E-state index contributed by atoms with van der Waals surface area (Å²) in [5.74, 6) is 0.0566.